The topological polar surface area (TPSA) is 108 Å². The van der Waals surface area contributed by atoms with Crippen molar-refractivity contribution in [2.45, 2.75) is 13.0 Å². The van der Waals surface area contributed by atoms with Crippen LogP contribution in [0.25, 0.3) is 0 Å². The van der Waals surface area contributed by atoms with Crippen molar-refractivity contribution in [3.05, 3.63) is 77.7 Å². The van der Waals surface area contributed by atoms with Gasteiger partial charge in [0.1, 0.15) is 5.75 Å². The molecule has 9 heteroatoms. The van der Waals surface area contributed by atoms with Crippen LogP contribution in [0.5, 0.6) is 5.75 Å². The van der Waals surface area contributed by atoms with Gasteiger partial charge in [-0.1, -0.05) is 30.3 Å². The van der Waals surface area contributed by atoms with Gasteiger partial charge in [0, 0.05) is 12.1 Å². The average molecular weight is 449 g/mol. The number of aromatic nitrogens is 2. The Morgan fingerprint density at radius 3 is 2.42 bits per heavy atom. The molecule has 1 unspecified atom stereocenters. The number of methoxy groups -OCH3 is 1. The van der Waals surface area contributed by atoms with Crippen molar-refractivity contribution < 1.29 is 14.3 Å². The predicted octanol–water partition coefficient (Wildman–Crippen LogP) is 3.47. The number of nitrogens with one attached hydrogen (secondary N) is 3. The summed E-state index contributed by atoms with van der Waals surface area (Å²) in [5, 5.41) is 8.27. The molecule has 3 N–H and O–H groups in total. The van der Waals surface area contributed by atoms with Crippen LogP contribution in [0, 0.1) is 6.92 Å². The van der Waals surface area contributed by atoms with Crippen LogP contribution >= 0.6 is 0 Å². The van der Waals surface area contributed by atoms with Crippen LogP contribution in [0.1, 0.15) is 27.7 Å². The van der Waals surface area contributed by atoms with Crippen LogP contribution in [-0.4, -0.2) is 54.6 Å². The van der Waals surface area contributed by atoms with Gasteiger partial charge in [-0.05, 0) is 44.8 Å². The highest BCUT2D eigenvalue weighted by molar-refractivity contribution is 6.01. The molecule has 0 radical (unpaired) electrons. The normalized spacial score (nSPS) is 11.5. The molecule has 0 spiro atoms. The van der Waals surface area contributed by atoms with E-state index >= 15 is 0 Å². The lowest BCUT2D eigenvalue weighted by atomic mass is 10.1. The second-order valence-electron chi connectivity index (χ2n) is 7.64. The Kier molecular flexibility index (Phi) is 7.93. The fourth-order valence-electron chi connectivity index (χ4n) is 3.23. The first-order chi connectivity index (χ1) is 15.9. The number of carbonyl (C=O) groups is 2. The number of carbonyl (C=O) groups excluding carboxylic acids is 2. The van der Waals surface area contributed by atoms with E-state index in [1.807, 2.05) is 51.4 Å². The molecule has 3 aromatic rings. The smallest absolute Gasteiger partial charge is 0.324 e. The average Bonchev–Trinajstić information content (AvgIpc) is 2.81. The number of urea groups is 1. The number of rotatable bonds is 8. The molecule has 0 saturated heterocycles. The zero-order valence-electron chi connectivity index (χ0n) is 19.1. The van der Waals surface area contributed by atoms with E-state index in [0.29, 0.717) is 29.4 Å². The zero-order chi connectivity index (χ0) is 23.8. The third-order valence-electron chi connectivity index (χ3n) is 5.00. The summed E-state index contributed by atoms with van der Waals surface area (Å²) in [7, 11) is 5.42. The number of aryl methyl sites for hydroxylation is 1. The first kappa shape index (κ1) is 23.7. The molecule has 0 aliphatic heterocycles. The van der Waals surface area contributed by atoms with E-state index in [4.69, 9.17) is 4.74 Å². The van der Waals surface area contributed by atoms with Gasteiger partial charge in [0.2, 0.25) is 0 Å². The minimum Gasteiger partial charge on any atom is -0.495 e. The van der Waals surface area contributed by atoms with Gasteiger partial charge in [0.05, 0.1) is 36.9 Å². The van der Waals surface area contributed by atoms with E-state index in [1.54, 1.807) is 24.4 Å². The third-order valence-corrected chi connectivity index (χ3v) is 5.00. The lowest BCUT2D eigenvalue weighted by molar-refractivity contribution is 0.0941. The first-order valence-electron chi connectivity index (χ1n) is 10.4. The van der Waals surface area contributed by atoms with E-state index < -0.39 is 6.03 Å². The van der Waals surface area contributed by atoms with Crippen molar-refractivity contribution in [2.24, 2.45) is 0 Å². The molecule has 0 aliphatic rings. The molecule has 3 rings (SSSR count). The molecule has 1 aromatic heterocycles. The molecule has 9 nitrogen and oxygen atoms in total. The van der Waals surface area contributed by atoms with Gasteiger partial charge in [-0.15, -0.1) is 0 Å². The maximum Gasteiger partial charge on any atom is 0.324 e. The van der Waals surface area contributed by atoms with Crippen LogP contribution in [0.3, 0.4) is 0 Å². The molecule has 0 fully saturated rings. The zero-order valence-corrected chi connectivity index (χ0v) is 19.1. The van der Waals surface area contributed by atoms with Crippen LogP contribution in [0.4, 0.5) is 16.3 Å². The highest BCUT2D eigenvalue weighted by Crippen LogP contribution is 2.26. The van der Waals surface area contributed by atoms with E-state index in [0.717, 1.165) is 11.3 Å². The van der Waals surface area contributed by atoms with E-state index in [9.17, 15) is 9.59 Å². The van der Waals surface area contributed by atoms with Crippen LogP contribution in [0.15, 0.2) is 60.9 Å². The Bertz CT molecular complexity index is 1090. The van der Waals surface area contributed by atoms with Crippen molar-refractivity contribution in [3.8, 4) is 5.75 Å². The quantitative estimate of drug-likeness (QED) is 0.487. The Labute approximate surface area is 193 Å². The fourth-order valence-corrected chi connectivity index (χ4v) is 3.23. The molecule has 2 aromatic carbocycles. The summed E-state index contributed by atoms with van der Waals surface area (Å²) in [5.41, 5.74) is 2.70. The second kappa shape index (κ2) is 11.1. The second-order valence-corrected chi connectivity index (χ2v) is 7.64. The van der Waals surface area contributed by atoms with Gasteiger partial charge in [-0.25, -0.2) is 9.78 Å². The maximum absolute atomic E-state index is 12.8. The SMILES string of the molecule is COc1cc(C(=O)NCC(c2ccccc2)N(C)C)ccc1NC(=O)Nc1cnc(C)cn1. The summed E-state index contributed by atoms with van der Waals surface area (Å²) in [6.45, 7) is 2.25. The Balaban J connectivity index is 1.65. The van der Waals surface area contributed by atoms with Crippen LogP contribution < -0.4 is 20.7 Å². The molecule has 1 heterocycles. The van der Waals surface area contributed by atoms with Crippen molar-refractivity contribution in [1.29, 1.82) is 0 Å². The Morgan fingerprint density at radius 2 is 1.79 bits per heavy atom. The number of nitrogens with zero attached hydrogens (tertiary/aromatic N) is 3. The summed E-state index contributed by atoms with van der Waals surface area (Å²) in [4.78, 5) is 35.3. The van der Waals surface area contributed by atoms with Gasteiger partial charge in [0.15, 0.2) is 5.82 Å². The van der Waals surface area contributed by atoms with Gasteiger partial charge >= 0.3 is 6.03 Å². The monoisotopic (exact) mass is 448 g/mol. The Morgan fingerprint density at radius 1 is 1.03 bits per heavy atom. The Hall–Kier alpha value is -3.98. The molecule has 0 aliphatic carbocycles. The molecule has 172 valence electrons. The molecule has 33 heavy (non-hydrogen) atoms. The fraction of sp³-hybridized carbons (Fsp3) is 0.250. The minimum absolute atomic E-state index is 0.0338. The number of ether oxygens (including phenoxy) is 1. The van der Waals surface area contributed by atoms with E-state index in [2.05, 4.69) is 30.8 Å². The summed E-state index contributed by atoms with van der Waals surface area (Å²) in [5.74, 6) is 0.448. The van der Waals surface area contributed by atoms with Crippen molar-refractivity contribution in [1.82, 2.24) is 20.2 Å². The van der Waals surface area contributed by atoms with Crippen molar-refractivity contribution in [3.63, 3.8) is 0 Å². The summed E-state index contributed by atoms with van der Waals surface area (Å²) in [6.07, 6.45) is 3.03. The van der Waals surface area contributed by atoms with E-state index in [1.165, 1.54) is 13.3 Å². The van der Waals surface area contributed by atoms with Crippen LogP contribution in [-0.2, 0) is 0 Å². The van der Waals surface area contributed by atoms with Crippen molar-refractivity contribution in [2.75, 3.05) is 38.4 Å². The molecular formula is C24H28N6O3. The molecule has 0 saturated carbocycles. The highest BCUT2D eigenvalue weighted by atomic mass is 16.5. The minimum atomic E-state index is -0.500. The molecule has 0 bridgehead atoms. The number of benzene rings is 2. The number of hydrogen-bond donors (Lipinski definition) is 3. The number of hydrogen-bond acceptors (Lipinski definition) is 6. The van der Waals surface area contributed by atoms with Gasteiger partial charge in [-0.3, -0.25) is 15.1 Å². The number of anilines is 2. The summed E-state index contributed by atoms with van der Waals surface area (Å²) < 4.78 is 5.38. The maximum atomic E-state index is 12.8. The highest BCUT2D eigenvalue weighted by Gasteiger charge is 2.17. The summed E-state index contributed by atoms with van der Waals surface area (Å²) in [6, 6.07) is 14.4. The lowest BCUT2D eigenvalue weighted by Gasteiger charge is -2.25. The number of likely N-dealkylation sites (N-methyl/N-ethyl adjacent to an activating group) is 1. The molecule has 1 atom stereocenters. The lowest BCUT2D eigenvalue weighted by Crippen LogP contribution is -2.34. The standard InChI is InChI=1S/C24H28N6O3/c1-16-13-26-22(15-25-16)29-24(32)28-19-11-10-18(12-21(19)33-4)23(31)27-14-20(30(2)3)17-8-6-5-7-9-17/h5-13,15,20H,14H2,1-4H3,(H,27,31)(H2,26,28,29,32). The van der Waals surface area contributed by atoms with Gasteiger partial charge < -0.3 is 20.3 Å². The first-order valence-corrected chi connectivity index (χ1v) is 10.4. The predicted molar refractivity (Wildman–Crippen MR) is 128 cm³/mol. The largest absolute Gasteiger partial charge is 0.495 e. The molecular weight excluding hydrogens is 420 g/mol. The summed E-state index contributed by atoms with van der Waals surface area (Å²) >= 11 is 0. The van der Waals surface area contributed by atoms with Crippen LogP contribution in [0.2, 0.25) is 0 Å². The van der Waals surface area contributed by atoms with Gasteiger partial charge in [0.25, 0.3) is 5.91 Å². The number of amides is 3. The third kappa shape index (κ3) is 6.50. The molecule has 3 amide bonds. The van der Waals surface area contributed by atoms with E-state index in [-0.39, 0.29) is 11.9 Å². The van der Waals surface area contributed by atoms with Crippen molar-refractivity contribution >= 4 is 23.4 Å². The van der Waals surface area contributed by atoms with Gasteiger partial charge in [-0.2, -0.15) is 0 Å².